The van der Waals surface area contributed by atoms with E-state index in [1.807, 2.05) is 0 Å². The monoisotopic (exact) mass is 289 g/mol. The van der Waals surface area contributed by atoms with Gasteiger partial charge in [0.1, 0.15) is 11.9 Å². The van der Waals surface area contributed by atoms with Gasteiger partial charge in [0.25, 0.3) is 0 Å². The van der Waals surface area contributed by atoms with Crippen LogP contribution in [0.3, 0.4) is 0 Å². The molecule has 0 saturated carbocycles. The predicted octanol–water partition coefficient (Wildman–Crippen LogP) is 2.48. The molecule has 1 unspecified atom stereocenters. The number of thioether (sulfide) groups is 1. The second-order valence-corrected chi connectivity index (χ2v) is 5.72. The van der Waals surface area contributed by atoms with Gasteiger partial charge in [0, 0.05) is 35.2 Å². The largest absolute Gasteiger partial charge is 0.480 e. The van der Waals surface area contributed by atoms with Crippen molar-refractivity contribution in [3.63, 3.8) is 0 Å². The van der Waals surface area contributed by atoms with Crippen LogP contribution in [0.2, 0.25) is 5.02 Å². The zero-order valence-corrected chi connectivity index (χ0v) is 11.2. The molecular formula is C12H13ClFNO2S. The van der Waals surface area contributed by atoms with Crippen LogP contribution < -0.4 is 0 Å². The minimum absolute atomic E-state index is 0.306. The number of nitrogens with zero attached hydrogens (tertiary/aromatic N) is 1. The SMILES string of the molecule is O=C(O)C1CSCCN1Cc1ccc(Cl)cc1F. The number of halogens is 2. The van der Waals surface area contributed by atoms with Crippen molar-refractivity contribution < 1.29 is 14.3 Å². The third kappa shape index (κ3) is 3.16. The molecule has 0 aromatic heterocycles. The molecule has 1 saturated heterocycles. The second kappa shape index (κ2) is 5.91. The van der Waals surface area contributed by atoms with E-state index in [2.05, 4.69) is 0 Å². The molecule has 1 atom stereocenters. The molecule has 1 fully saturated rings. The third-order valence-electron chi connectivity index (χ3n) is 2.91. The van der Waals surface area contributed by atoms with Crippen molar-refractivity contribution >= 4 is 29.3 Å². The highest BCUT2D eigenvalue weighted by molar-refractivity contribution is 7.99. The van der Waals surface area contributed by atoms with Gasteiger partial charge in [-0.15, -0.1) is 0 Å². The summed E-state index contributed by atoms with van der Waals surface area (Å²) in [5.41, 5.74) is 0.484. The zero-order valence-electron chi connectivity index (χ0n) is 9.60. The highest BCUT2D eigenvalue weighted by Crippen LogP contribution is 2.21. The molecule has 18 heavy (non-hydrogen) atoms. The van der Waals surface area contributed by atoms with Crippen LogP contribution in [0.15, 0.2) is 18.2 Å². The Labute approximate surface area is 114 Å². The molecule has 2 rings (SSSR count). The number of benzene rings is 1. The van der Waals surface area contributed by atoms with Gasteiger partial charge in [-0.3, -0.25) is 9.69 Å². The molecule has 1 N–H and O–H groups in total. The molecule has 1 aromatic carbocycles. The summed E-state index contributed by atoms with van der Waals surface area (Å²) >= 11 is 7.30. The van der Waals surface area contributed by atoms with E-state index in [4.69, 9.17) is 16.7 Å². The van der Waals surface area contributed by atoms with E-state index < -0.39 is 12.0 Å². The van der Waals surface area contributed by atoms with E-state index in [-0.39, 0.29) is 5.82 Å². The number of carboxylic acid groups (broad SMARTS) is 1. The van der Waals surface area contributed by atoms with Crippen molar-refractivity contribution in [3.05, 3.63) is 34.6 Å². The predicted molar refractivity (Wildman–Crippen MR) is 70.6 cm³/mol. The smallest absolute Gasteiger partial charge is 0.321 e. The van der Waals surface area contributed by atoms with Crippen LogP contribution >= 0.6 is 23.4 Å². The fraction of sp³-hybridized carbons (Fsp3) is 0.417. The number of hydrogen-bond acceptors (Lipinski definition) is 3. The van der Waals surface area contributed by atoms with Crippen molar-refractivity contribution in [2.75, 3.05) is 18.1 Å². The van der Waals surface area contributed by atoms with Crippen LogP contribution in [0.1, 0.15) is 5.56 Å². The lowest BCUT2D eigenvalue weighted by Gasteiger charge is -2.32. The fourth-order valence-electron chi connectivity index (χ4n) is 1.92. The standard InChI is InChI=1S/C12H13ClFNO2S/c13-9-2-1-8(10(14)5-9)6-15-3-4-18-7-11(15)12(16)17/h1-2,5,11H,3-4,6-7H2,(H,16,17). The van der Waals surface area contributed by atoms with Crippen LogP contribution in [0.4, 0.5) is 4.39 Å². The molecule has 1 aliphatic heterocycles. The fourth-order valence-corrected chi connectivity index (χ4v) is 3.19. The summed E-state index contributed by atoms with van der Waals surface area (Å²) in [5.74, 6) is 0.185. The summed E-state index contributed by atoms with van der Waals surface area (Å²) in [5, 5.41) is 9.48. The lowest BCUT2D eigenvalue weighted by atomic mass is 10.1. The second-order valence-electron chi connectivity index (χ2n) is 4.14. The molecule has 98 valence electrons. The number of carbonyl (C=O) groups is 1. The van der Waals surface area contributed by atoms with Gasteiger partial charge < -0.3 is 5.11 Å². The van der Waals surface area contributed by atoms with Crippen LogP contribution in [-0.4, -0.2) is 40.1 Å². The summed E-state index contributed by atoms with van der Waals surface area (Å²) < 4.78 is 13.7. The van der Waals surface area contributed by atoms with E-state index in [9.17, 15) is 9.18 Å². The average molecular weight is 290 g/mol. The van der Waals surface area contributed by atoms with Gasteiger partial charge in [-0.1, -0.05) is 17.7 Å². The van der Waals surface area contributed by atoms with Gasteiger partial charge in [0.15, 0.2) is 0 Å². The van der Waals surface area contributed by atoms with Gasteiger partial charge in [-0.2, -0.15) is 11.8 Å². The molecule has 1 aromatic rings. The van der Waals surface area contributed by atoms with Gasteiger partial charge in [-0.25, -0.2) is 4.39 Å². The number of aliphatic carboxylic acids is 1. The quantitative estimate of drug-likeness (QED) is 0.928. The topological polar surface area (TPSA) is 40.5 Å². The first kappa shape index (κ1) is 13.6. The summed E-state index contributed by atoms with van der Waals surface area (Å²) in [6.07, 6.45) is 0. The Balaban J connectivity index is 2.13. The first-order valence-electron chi connectivity index (χ1n) is 5.56. The first-order valence-corrected chi connectivity index (χ1v) is 7.09. The highest BCUT2D eigenvalue weighted by atomic mass is 35.5. The molecule has 0 bridgehead atoms. The summed E-state index contributed by atoms with van der Waals surface area (Å²) in [4.78, 5) is 12.9. The van der Waals surface area contributed by atoms with Crippen LogP contribution in [0.25, 0.3) is 0 Å². The normalized spacial score (nSPS) is 20.9. The van der Waals surface area contributed by atoms with E-state index in [0.29, 0.717) is 29.4 Å². The number of carboxylic acids is 1. The van der Waals surface area contributed by atoms with Crippen LogP contribution in [0.5, 0.6) is 0 Å². The Kier molecular flexibility index (Phi) is 4.48. The van der Waals surface area contributed by atoms with Gasteiger partial charge in [-0.05, 0) is 12.1 Å². The van der Waals surface area contributed by atoms with Gasteiger partial charge in [0.2, 0.25) is 0 Å². The molecule has 0 amide bonds. The Hall–Kier alpha value is -0.780. The number of hydrogen-bond donors (Lipinski definition) is 1. The Bertz CT molecular complexity index is 458. The van der Waals surface area contributed by atoms with Crippen LogP contribution in [0, 0.1) is 5.82 Å². The van der Waals surface area contributed by atoms with Crippen molar-refractivity contribution in [2.24, 2.45) is 0 Å². The van der Waals surface area contributed by atoms with E-state index >= 15 is 0 Å². The highest BCUT2D eigenvalue weighted by Gasteiger charge is 2.29. The first-order chi connectivity index (χ1) is 8.58. The van der Waals surface area contributed by atoms with E-state index in [0.717, 1.165) is 5.75 Å². The Morgan fingerprint density at radius 3 is 3.06 bits per heavy atom. The lowest BCUT2D eigenvalue weighted by Crippen LogP contribution is -2.46. The van der Waals surface area contributed by atoms with Crippen molar-refractivity contribution in [3.8, 4) is 0 Å². The average Bonchev–Trinajstić information content (AvgIpc) is 2.33. The van der Waals surface area contributed by atoms with Crippen molar-refractivity contribution in [1.82, 2.24) is 4.90 Å². The molecule has 1 heterocycles. The zero-order chi connectivity index (χ0) is 13.1. The maximum absolute atomic E-state index is 13.7. The third-order valence-corrected chi connectivity index (χ3v) is 4.17. The molecule has 6 heteroatoms. The van der Waals surface area contributed by atoms with Crippen LogP contribution in [-0.2, 0) is 11.3 Å². The van der Waals surface area contributed by atoms with Gasteiger partial charge in [0.05, 0.1) is 0 Å². The molecule has 3 nitrogen and oxygen atoms in total. The summed E-state index contributed by atoms with van der Waals surface area (Å²) in [6, 6.07) is 3.94. The van der Waals surface area contributed by atoms with E-state index in [1.54, 1.807) is 28.8 Å². The lowest BCUT2D eigenvalue weighted by molar-refractivity contribution is -0.142. The summed E-state index contributed by atoms with van der Waals surface area (Å²) in [6.45, 7) is 0.963. The molecule has 0 spiro atoms. The minimum Gasteiger partial charge on any atom is -0.480 e. The number of rotatable bonds is 3. The molecular weight excluding hydrogens is 277 g/mol. The molecule has 0 aliphatic carbocycles. The summed E-state index contributed by atoms with van der Waals surface area (Å²) in [7, 11) is 0. The van der Waals surface area contributed by atoms with Crippen molar-refractivity contribution in [2.45, 2.75) is 12.6 Å². The maximum Gasteiger partial charge on any atom is 0.321 e. The van der Waals surface area contributed by atoms with Gasteiger partial charge >= 0.3 is 5.97 Å². The van der Waals surface area contributed by atoms with E-state index in [1.165, 1.54) is 6.07 Å². The Morgan fingerprint density at radius 2 is 2.39 bits per heavy atom. The molecule has 0 radical (unpaired) electrons. The van der Waals surface area contributed by atoms with Crippen molar-refractivity contribution in [1.29, 1.82) is 0 Å². The Morgan fingerprint density at radius 1 is 1.61 bits per heavy atom. The molecule has 1 aliphatic rings. The maximum atomic E-state index is 13.7. The minimum atomic E-state index is -0.850.